The molecule has 0 saturated carbocycles. The van der Waals surface area contributed by atoms with E-state index >= 15 is 0 Å². The second-order valence-electron chi connectivity index (χ2n) is 7.15. The molecule has 2 aromatic rings. The van der Waals surface area contributed by atoms with Crippen molar-refractivity contribution in [1.29, 1.82) is 0 Å². The summed E-state index contributed by atoms with van der Waals surface area (Å²) in [6.45, 7) is 3.09. The highest BCUT2D eigenvalue weighted by Crippen LogP contribution is 2.41. The molecule has 0 fully saturated rings. The summed E-state index contributed by atoms with van der Waals surface area (Å²) in [5, 5.41) is 0. The van der Waals surface area contributed by atoms with Crippen molar-refractivity contribution in [2.45, 2.75) is 30.5 Å². The van der Waals surface area contributed by atoms with E-state index in [-0.39, 0.29) is 16.5 Å². The molecule has 1 aliphatic rings. The molecule has 0 saturated heterocycles. The number of rotatable bonds is 4. The Hall–Kier alpha value is -2.88. The molecule has 0 atom stereocenters. The van der Waals surface area contributed by atoms with Crippen LogP contribution in [0.4, 0.5) is 17.6 Å². The molecule has 0 aromatic heterocycles. The maximum Gasteiger partial charge on any atom is 0.416 e. The Kier molecular flexibility index (Phi) is 5.18. The van der Waals surface area contributed by atoms with Gasteiger partial charge in [-0.1, -0.05) is 12.1 Å². The minimum absolute atomic E-state index is 0.0474. The van der Waals surface area contributed by atoms with Crippen molar-refractivity contribution in [2.75, 3.05) is 6.26 Å². The third-order valence-electron chi connectivity index (χ3n) is 4.40. The smallest absolute Gasteiger partial charge is 0.416 e. The maximum absolute atomic E-state index is 14.2. The van der Waals surface area contributed by atoms with Gasteiger partial charge in [0, 0.05) is 6.26 Å². The molecule has 160 valence electrons. The van der Waals surface area contributed by atoms with Gasteiger partial charge in [-0.25, -0.2) is 17.6 Å². The van der Waals surface area contributed by atoms with Crippen molar-refractivity contribution in [3.63, 3.8) is 0 Å². The highest BCUT2D eigenvalue weighted by molar-refractivity contribution is 7.90. The van der Waals surface area contributed by atoms with Crippen LogP contribution in [-0.2, 0) is 25.5 Å². The predicted molar refractivity (Wildman–Crippen MR) is 98.7 cm³/mol. The molecule has 30 heavy (non-hydrogen) atoms. The largest absolute Gasteiger partial charge is 0.449 e. The van der Waals surface area contributed by atoms with Crippen molar-refractivity contribution in [3.8, 4) is 5.75 Å². The summed E-state index contributed by atoms with van der Waals surface area (Å²) in [6.07, 6.45) is -3.70. The lowest BCUT2D eigenvalue weighted by molar-refractivity contribution is -0.146. The van der Waals surface area contributed by atoms with E-state index in [4.69, 9.17) is 9.47 Å². The zero-order chi connectivity index (χ0) is 22.5. The van der Waals surface area contributed by atoms with E-state index in [1.165, 1.54) is 24.3 Å². The fourth-order valence-electron chi connectivity index (χ4n) is 3.01. The molecule has 1 aliphatic heterocycles. The van der Waals surface area contributed by atoms with Gasteiger partial charge in [-0.2, -0.15) is 13.2 Å². The zero-order valence-electron chi connectivity index (χ0n) is 16.0. The summed E-state index contributed by atoms with van der Waals surface area (Å²) in [5.74, 6) is -3.22. The van der Waals surface area contributed by atoms with E-state index in [2.05, 4.69) is 0 Å². The fourth-order valence-corrected chi connectivity index (χ4v) is 3.65. The monoisotopic (exact) mass is 444 g/mol. The van der Waals surface area contributed by atoms with Crippen molar-refractivity contribution in [1.82, 2.24) is 0 Å². The number of cyclic esters (lactones) is 1. The number of sulfone groups is 1. The molecule has 0 bridgehead atoms. The Balaban J connectivity index is 2.07. The van der Waals surface area contributed by atoms with E-state index in [0.717, 1.165) is 12.3 Å². The molecule has 0 spiro atoms. The van der Waals surface area contributed by atoms with Gasteiger partial charge in [0.15, 0.2) is 21.4 Å². The van der Waals surface area contributed by atoms with Crippen LogP contribution in [0.15, 0.2) is 53.1 Å². The van der Waals surface area contributed by atoms with Gasteiger partial charge in [-0.05, 0) is 49.7 Å². The average molecular weight is 444 g/mol. The lowest BCUT2D eigenvalue weighted by atomic mass is 9.92. The van der Waals surface area contributed by atoms with Gasteiger partial charge in [-0.15, -0.1) is 0 Å². The van der Waals surface area contributed by atoms with E-state index in [0.29, 0.717) is 11.6 Å². The molecular formula is C20H16F4O5S. The van der Waals surface area contributed by atoms with Crippen LogP contribution in [0.1, 0.15) is 25.0 Å². The molecule has 5 nitrogen and oxygen atoms in total. The topological polar surface area (TPSA) is 69.7 Å². The van der Waals surface area contributed by atoms with Gasteiger partial charge >= 0.3 is 12.1 Å². The molecule has 0 N–H and O–H groups in total. The first-order valence-electron chi connectivity index (χ1n) is 8.53. The van der Waals surface area contributed by atoms with Gasteiger partial charge in [0.2, 0.25) is 5.76 Å². The van der Waals surface area contributed by atoms with Gasteiger partial charge in [0.05, 0.1) is 16.0 Å². The number of alkyl halides is 3. The summed E-state index contributed by atoms with van der Waals surface area (Å²) >= 11 is 0. The minimum Gasteiger partial charge on any atom is -0.449 e. The number of hydrogen-bond acceptors (Lipinski definition) is 5. The quantitative estimate of drug-likeness (QED) is 0.517. The molecule has 1 heterocycles. The number of ether oxygens (including phenoxy) is 2. The number of halogens is 4. The summed E-state index contributed by atoms with van der Waals surface area (Å²) < 4.78 is 86.3. The summed E-state index contributed by atoms with van der Waals surface area (Å²) in [5.41, 5.74) is -1.83. The number of carbonyl (C=O) groups excluding carboxylic acids is 1. The average Bonchev–Trinajstić information content (AvgIpc) is 2.83. The van der Waals surface area contributed by atoms with Crippen LogP contribution < -0.4 is 4.74 Å². The lowest BCUT2D eigenvalue weighted by Crippen LogP contribution is -2.22. The van der Waals surface area contributed by atoms with Crippen LogP contribution in [0.2, 0.25) is 0 Å². The lowest BCUT2D eigenvalue weighted by Gasteiger charge is -2.21. The standard InChI is InChI=1S/C20H16F4O5S/c1-19(2)16(11-4-7-13(8-5-11)30(3,26)27)17(18(25)29-19)28-15-9-6-12(10-14(15)21)20(22,23)24/h4-10H,1-3H3. The molecule has 10 heteroatoms. The molecule has 3 rings (SSSR count). The van der Waals surface area contributed by atoms with E-state index < -0.39 is 50.5 Å². The van der Waals surface area contributed by atoms with Gasteiger partial charge in [-0.3, -0.25) is 0 Å². The molecule has 0 unspecified atom stereocenters. The van der Waals surface area contributed by atoms with Gasteiger partial charge < -0.3 is 9.47 Å². The van der Waals surface area contributed by atoms with Crippen molar-refractivity contribution in [2.24, 2.45) is 0 Å². The Morgan fingerprint density at radius 1 is 1.03 bits per heavy atom. The van der Waals surface area contributed by atoms with Crippen LogP contribution in [0, 0.1) is 5.82 Å². The molecular weight excluding hydrogens is 428 g/mol. The summed E-state index contributed by atoms with van der Waals surface area (Å²) in [4.78, 5) is 12.4. The highest BCUT2D eigenvalue weighted by atomic mass is 32.2. The second kappa shape index (κ2) is 7.12. The van der Waals surface area contributed by atoms with Crippen molar-refractivity contribution in [3.05, 3.63) is 65.2 Å². The number of benzene rings is 2. The third-order valence-corrected chi connectivity index (χ3v) is 5.53. The predicted octanol–water partition coefficient (Wildman–Crippen LogP) is 4.37. The highest BCUT2D eigenvalue weighted by Gasteiger charge is 2.43. The van der Waals surface area contributed by atoms with E-state index in [1.54, 1.807) is 13.8 Å². The second-order valence-corrected chi connectivity index (χ2v) is 9.16. The molecule has 0 radical (unpaired) electrons. The van der Waals surface area contributed by atoms with Crippen LogP contribution >= 0.6 is 0 Å². The maximum atomic E-state index is 14.2. The van der Waals surface area contributed by atoms with Crippen LogP contribution in [0.3, 0.4) is 0 Å². The van der Waals surface area contributed by atoms with Crippen LogP contribution in [0.5, 0.6) is 5.75 Å². The Bertz CT molecular complexity index is 1150. The normalized spacial score (nSPS) is 16.6. The summed E-state index contributed by atoms with van der Waals surface area (Å²) in [7, 11) is -3.45. The molecule has 2 aromatic carbocycles. The Labute approximate surface area is 169 Å². The Morgan fingerprint density at radius 3 is 2.13 bits per heavy atom. The zero-order valence-corrected chi connectivity index (χ0v) is 16.8. The van der Waals surface area contributed by atoms with Crippen LogP contribution in [0.25, 0.3) is 5.57 Å². The summed E-state index contributed by atoms with van der Waals surface area (Å²) in [6, 6.07) is 7.19. The Morgan fingerprint density at radius 2 is 1.63 bits per heavy atom. The first kappa shape index (κ1) is 21.8. The first-order chi connectivity index (χ1) is 13.7. The van der Waals surface area contributed by atoms with Crippen LogP contribution in [-0.4, -0.2) is 26.2 Å². The minimum atomic E-state index is -4.74. The van der Waals surface area contributed by atoms with Crippen molar-refractivity contribution < 1.29 is 40.2 Å². The number of esters is 1. The SMILES string of the molecule is CC1(C)OC(=O)C(Oc2ccc(C(F)(F)F)cc2F)=C1c1ccc(S(C)(=O)=O)cc1. The van der Waals surface area contributed by atoms with Crippen molar-refractivity contribution >= 4 is 21.4 Å². The van der Waals surface area contributed by atoms with E-state index in [9.17, 15) is 30.8 Å². The van der Waals surface area contributed by atoms with Gasteiger partial charge in [0.25, 0.3) is 0 Å². The van der Waals surface area contributed by atoms with Gasteiger partial charge in [0.1, 0.15) is 5.60 Å². The fraction of sp³-hybridized carbons (Fsp3) is 0.250. The first-order valence-corrected chi connectivity index (χ1v) is 10.4. The third kappa shape index (κ3) is 4.18. The van der Waals surface area contributed by atoms with E-state index in [1.807, 2.05) is 0 Å². The number of hydrogen-bond donors (Lipinski definition) is 0. The number of carbonyl (C=O) groups is 1. The molecule has 0 aliphatic carbocycles. The molecule has 0 amide bonds.